The molecule has 0 bridgehead atoms. The summed E-state index contributed by atoms with van der Waals surface area (Å²) in [5, 5.41) is 2.28. The minimum absolute atomic E-state index is 0.0934. The molecule has 0 aromatic heterocycles. The van der Waals surface area contributed by atoms with Crippen LogP contribution in [-0.2, 0) is 0 Å². The van der Waals surface area contributed by atoms with Crippen molar-refractivity contribution in [3.8, 4) is 66.8 Å². The number of rotatable bonds is 9. The Balaban J connectivity index is 1.14. The van der Waals surface area contributed by atoms with Crippen LogP contribution < -0.4 is 4.90 Å². The van der Waals surface area contributed by atoms with Crippen molar-refractivity contribution in [3.05, 3.63) is 249 Å². The van der Waals surface area contributed by atoms with Gasteiger partial charge in [0, 0.05) is 17.1 Å². The van der Waals surface area contributed by atoms with Gasteiger partial charge in [-0.25, -0.2) is 0 Å². The Morgan fingerprint density at radius 2 is 0.712 bits per heavy atom. The third-order valence-corrected chi connectivity index (χ3v) is 10.6. The molecule has 1 heteroatoms. The molecule has 0 saturated heterocycles. The highest BCUT2D eigenvalue weighted by Gasteiger charge is 2.15. The predicted octanol–water partition coefficient (Wildman–Crippen LogP) is 16.3. The molecule has 0 fully saturated rings. The van der Waals surface area contributed by atoms with Crippen molar-refractivity contribution in [1.82, 2.24) is 0 Å². The minimum Gasteiger partial charge on any atom is -0.311 e. The highest BCUT2D eigenvalue weighted by atomic mass is 15.1. The smallest absolute Gasteiger partial charge is 0.0645 e. The fourth-order valence-electron chi connectivity index (χ4n) is 7.67. The predicted molar refractivity (Wildman–Crippen MR) is 251 cm³/mol. The normalized spacial score (nSPS) is 12.9. The largest absolute Gasteiger partial charge is 0.311 e. The molecule has 59 heavy (non-hydrogen) atoms. The van der Waals surface area contributed by atoms with E-state index in [4.69, 9.17) is 0 Å². The number of fused-ring (bicyclic) bond motifs is 1. The number of benzene rings is 10. The van der Waals surface area contributed by atoms with Gasteiger partial charge in [-0.2, -0.15) is 0 Å². The summed E-state index contributed by atoms with van der Waals surface area (Å²) in [6, 6.07) is 61.4. The van der Waals surface area contributed by atoms with Crippen molar-refractivity contribution in [3.63, 3.8) is 0 Å². The Morgan fingerprint density at radius 1 is 0.254 bits per heavy atom. The van der Waals surface area contributed by atoms with E-state index in [0.29, 0.717) is 16.8 Å². The average molecular weight is 760 g/mol. The molecule has 0 aliphatic heterocycles. The maximum atomic E-state index is 9.66. The van der Waals surface area contributed by atoms with Crippen LogP contribution in [0.2, 0.25) is 0 Å². The van der Waals surface area contributed by atoms with E-state index in [9.17, 15) is 11.0 Å². The van der Waals surface area contributed by atoms with E-state index in [1.165, 1.54) is 4.90 Å². The van der Waals surface area contributed by atoms with Crippen LogP contribution in [0.25, 0.3) is 77.5 Å². The summed E-state index contributed by atoms with van der Waals surface area (Å²) >= 11 is 0. The Kier molecular flexibility index (Phi) is 7.54. The fourth-order valence-corrected chi connectivity index (χ4v) is 7.67. The molecule has 0 aliphatic rings. The lowest BCUT2D eigenvalue weighted by Crippen LogP contribution is -2.09. The van der Waals surface area contributed by atoms with Crippen molar-refractivity contribution in [2.45, 2.75) is 0 Å². The summed E-state index contributed by atoms with van der Waals surface area (Å²) in [6.45, 7) is 0. The molecule has 0 radical (unpaired) electrons. The first-order valence-electron chi connectivity index (χ1n) is 23.6. The third-order valence-electron chi connectivity index (χ3n) is 10.6. The van der Waals surface area contributed by atoms with Crippen molar-refractivity contribution >= 4 is 27.8 Å². The summed E-state index contributed by atoms with van der Waals surface area (Å²) in [7, 11) is 0. The molecular weight excluding hydrogens is 711 g/mol. The topological polar surface area (TPSA) is 3.24 Å². The summed E-state index contributed by atoms with van der Waals surface area (Å²) in [6.07, 6.45) is 0. The molecule has 278 valence electrons. The second-order valence-corrected chi connectivity index (χ2v) is 14.3. The second kappa shape index (κ2) is 16.0. The van der Waals surface area contributed by atoms with Gasteiger partial charge in [0.25, 0.3) is 0 Å². The van der Waals surface area contributed by atoms with Crippen LogP contribution in [0, 0.1) is 0 Å². The minimum atomic E-state index is -0.403. The maximum Gasteiger partial charge on any atom is 0.0645 e. The molecular formula is C58H41N. The van der Waals surface area contributed by atoms with Crippen LogP contribution >= 0.6 is 0 Å². The maximum absolute atomic E-state index is 9.66. The lowest BCUT2D eigenvalue weighted by Gasteiger charge is -2.26. The highest BCUT2D eigenvalue weighted by Crippen LogP contribution is 2.40. The Hall–Kier alpha value is -7.74. The van der Waals surface area contributed by atoms with Gasteiger partial charge in [-0.05, 0) is 126 Å². The van der Waals surface area contributed by atoms with Gasteiger partial charge >= 0.3 is 0 Å². The van der Waals surface area contributed by atoms with E-state index in [2.05, 4.69) is 36.4 Å². The van der Waals surface area contributed by atoms with Gasteiger partial charge in [0.2, 0.25) is 0 Å². The molecule has 0 atom stereocenters. The average Bonchev–Trinajstić information content (AvgIpc) is 3.38. The summed E-state index contributed by atoms with van der Waals surface area (Å²) in [5.74, 6) is 0. The number of hydrogen-bond donors (Lipinski definition) is 0. The zero-order valence-corrected chi connectivity index (χ0v) is 32.0. The lowest BCUT2D eigenvalue weighted by molar-refractivity contribution is 1.28. The van der Waals surface area contributed by atoms with Gasteiger partial charge < -0.3 is 4.90 Å². The SMILES string of the molecule is [2H]c1c([2H])c(N(c2ccc(-c3cccc(-c4cccc5ccccc45)c3)cc2)c2c([2H])c([2H])c(-c3ccc(-c4ccccc4)c(-c4ccccc4)c3)c([2H])c2[2H])c([2H])c([2H])c1-c1ccccc1. The van der Waals surface area contributed by atoms with Crippen molar-refractivity contribution < 1.29 is 11.0 Å². The number of hydrogen-bond acceptors (Lipinski definition) is 1. The summed E-state index contributed by atoms with van der Waals surface area (Å²) in [5.41, 5.74) is 8.76. The van der Waals surface area contributed by atoms with Gasteiger partial charge in [-0.1, -0.05) is 200 Å². The molecule has 0 unspecified atom stereocenters. The van der Waals surface area contributed by atoms with Crippen molar-refractivity contribution in [1.29, 1.82) is 0 Å². The molecule has 0 spiro atoms. The zero-order chi connectivity index (χ0) is 46.3. The van der Waals surface area contributed by atoms with E-state index in [0.717, 1.165) is 55.3 Å². The van der Waals surface area contributed by atoms with E-state index < -0.39 is 24.2 Å². The lowest BCUT2D eigenvalue weighted by atomic mass is 9.91. The third kappa shape index (κ3) is 7.34. The molecule has 0 N–H and O–H groups in total. The van der Waals surface area contributed by atoms with Crippen LogP contribution in [0.15, 0.2) is 249 Å². The van der Waals surface area contributed by atoms with Gasteiger partial charge in [0.1, 0.15) is 0 Å². The summed E-state index contributed by atoms with van der Waals surface area (Å²) in [4.78, 5) is 1.35. The first-order valence-corrected chi connectivity index (χ1v) is 19.6. The molecule has 10 aromatic rings. The van der Waals surface area contributed by atoms with Gasteiger partial charge in [-0.15, -0.1) is 0 Å². The van der Waals surface area contributed by atoms with Gasteiger partial charge in [0.05, 0.1) is 11.0 Å². The standard InChI is InChI=1S/C58H41N/c1-4-14-42(15-5-1)43-26-33-52(34-27-43)59(53-35-28-44(29-36-53)49-22-12-23-51(40-49)56-25-13-21-47-20-10-11-24-55(47)56)54-37-30-45(31-38-54)50-32-39-57(46-16-6-2-7-17-46)58(41-50)48-18-8-3-9-19-48/h1-41H/i26D,27D,30D,31D,33D,34D,37D,38D. The second-order valence-electron chi connectivity index (χ2n) is 14.3. The number of anilines is 3. The van der Waals surface area contributed by atoms with Crippen LogP contribution in [-0.4, -0.2) is 0 Å². The van der Waals surface area contributed by atoms with E-state index in [1.54, 1.807) is 36.4 Å². The molecule has 10 rings (SSSR count). The van der Waals surface area contributed by atoms with E-state index in [1.807, 2.05) is 127 Å². The quantitative estimate of drug-likeness (QED) is 0.142. The van der Waals surface area contributed by atoms with Crippen molar-refractivity contribution in [2.24, 2.45) is 0 Å². The molecule has 0 heterocycles. The number of nitrogens with zero attached hydrogens (tertiary/aromatic N) is 1. The molecule has 10 aromatic carbocycles. The Labute approximate surface area is 358 Å². The van der Waals surface area contributed by atoms with Crippen LogP contribution in [0.1, 0.15) is 11.0 Å². The molecule has 1 nitrogen and oxygen atoms in total. The van der Waals surface area contributed by atoms with E-state index in [-0.39, 0.29) is 46.7 Å². The van der Waals surface area contributed by atoms with Crippen molar-refractivity contribution in [2.75, 3.05) is 4.90 Å². The fraction of sp³-hybridized carbons (Fsp3) is 0. The molecule has 0 aliphatic carbocycles. The van der Waals surface area contributed by atoms with Crippen LogP contribution in [0.5, 0.6) is 0 Å². The Bertz CT molecular complexity index is 3420. The van der Waals surface area contributed by atoms with Gasteiger partial charge in [0.15, 0.2) is 0 Å². The first kappa shape index (κ1) is 27.8. The van der Waals surface area contributed by atoms with Gasteiger partial charge in [-0.3, -0.25) is 0 Å². The monoisotopic (exact) mass is 759 g/mol. The molecule has 0 saturated carbocycles. The first-order chi connectivity index (χ1) is 32.6. The highest BCUT2D eigenvalue weighted by molar-refractivity contribution is 5.97. The zero-order valence-electron chi connectivity index (χ0n) is 40.0. The molecule has 0 amide bonds. The van der Waals surface area contributed by atoms with Crippen LogP contribution in [0.4, 0.5) is 17.1 Å². The van der Waals surface area contributed by atoms with E-state index >= 15 is 0 Å². The van der Waals surface area contributed by atoms with Crippen LogP contribution in [0.3, 0.4) is 0 Å². The Morgan fingerprint density at radius 3 is 1.37 bits per heavy atom. The summed E-state index contributed by atoms with van der Waals surface area (Å²) < 4.78 is 75.9.